The third-order valence-corrected chi connectivity index (χ3v) is 2.89. The Morgan fingerprint density at radius 1 is 1.44 bits per heavy atom. The molecule has 1 aliphatic heterocycles. The fourth-order valence-electron chi connectivity index (χ4n) is 1.98. The molecule has 5 nitrogen and oxygen atoms in total. The van der Waals surface area contributed by atoms with Crippen LogP contribution in [-0.2, 0) is 9.53 Å². The number of carbonyl (C=O) groups is 2. The topological polar surface area (TPSA) is 66.8 Å². The summed E-state index contributed by atoms with van der Waals surface area (Å²) in [6.07, 6.45) is -1.79. The van der Waals surface area contributed by atoms with E-state index in [9.17, 15) is 14.0 Å². The Labute approximate surface area is 106 Å². The third-order valence-electron chi connectivity index (χ3n) is 2.89. The SMILES string of the molecule is CC(C(=O)O)[C@@H]1C[C@H](F)CN1C(=O)OC(C)(C)C. The zero-order chi connectivity index (χ0) is 14.1. The number of carboxylic acids is 1. The highest BCUT2D eigenvalue weighted by atomic mass is 19.1. The van der Waals surface area contributed by atoms with Crippen molar-refractivity contribution in [2.45, 2.75) is 51.9 Å². The number of likely N-dealkylation sites (tertiary alicyclic amines) is 1. The highest BCUT2D eigenvalue weighted by Gasteiger charge is 2.42. The van der Waals surface area contributed by atoms with E-state index in [1.807, 2.05) is 0 Å². The summed E-state index contributed by atoms with van der Waals surface area (Å²) in [6, 6.07) is -0.646. The number of ether oxygens (including phenoxy) is 1. The standard InChI is InChI=1S/C12H20FNO4/c1-7(10(15)16)9-5-8(13)6-14(9)11(17)18-12(2,3)4/h7-9H,5-6H2,1-4H3,(H,15,16)/t7?,8-,9-/m0/s1. The van der Waals surface area contributed by atoms with Gasteiger partial charge in [0.2, 0.25) is 0 Å². The summed E-state index contributed by atoms with van der Waals surface area (Å²) in [5.41, 5.74) is -0.678. The van der Waals surface area contributed by atoms with E-state index in [4.69, 9.17) is 9.84 Å². The van der Waals surface area contributed by atoms with E-state index in [0.29, 0.717) is 0 Å². The molecule has 1 N–H and O–H groups in total. The smallest absolute Gasteiger partial charge is 0.410 e. The summed E-state index contributed by atoms with van der Waals surface area (Å²) in [5.74, 6) is -1.85. The highest BCUT2D eigenvalue weighted by molar-refractivity contribution is 5.74. The molecule has 1 fully saturated rings. The van der Waals surface area contributed by atoms with Gasteiger partial charge in [-0.05, 0) is 27.7 Å². The molecule has 1 rings (SSSR count). The Morgan fingerprint density at radius 3 is 2.44 bits per heavy atom. The molecule has 0 saturated carbocycles. The molecule has 0 aromatic rings. The lowest BCUT2D eigenvalue weighted by molar-refractivity contribution is -0.142. The number of hydrogen-bond acceptors (Lipinski definition) is 3. The predicted octanol–water partition coefficient (Wildman–Crippen LogP) is 2.05. The molecule has 1 heterocycles. The van der Waals surface area contributed by atoms with Crippen LogP contribution in [0.2, 0.25) is 0 Å². The van der Waals surface area contributed by atoms with Gasteiger partial charge in [-0.25, -0.2) is 9.18 Å². The summed E-state index contributed by atoms with van der Waals surface area (Å²) in [7, 11) is 0. The van der Waals surface area contributed by atoms with Crippen LogP contribution >= 0.6 is 0 Å². The first kappa shape index (κ1) is 14.7. The van der Waals surface area contributed by atoms with E-state index < -0.39 is 35.8 Å². The van der Waals surface area contributed by atoms with Gasteiger partial charge in [-0.3, -0.25) is 4.79 Å². The Kier molecular flexibility index (Phi) is 4.19. The van der Waals surface area contributed by atoms with Gasteiger partial charge in [-0.1, -0.05) is 0 Å². The third kappa shape index (κ3) is 3.58. The number of carboxylic acid groups (broad SMARTS) is 1. The summed E-state index contributed by atoms with van der Waals surface area (Å²) in [4.78, 5) is 24.0. The average molecular weight is 261 g/mol. The molecule has 0 bridgehead atoms. The highest BCUT2D eigenvalue weighted by Crippen LogP contribution is 2.28. The van der Waals surface area contributed by atoms with E-state index in [2.05, 4.69) is 0 Å². The van der Waals surface area contributed by atoms with Crippen LogP contribution in [0.15, 0.2) is 0 Å². The molecule has 6 heteroatoms. The Balaban J connectivity index is 2.79. The minimum absolute atomic E-state index is 0.0483. The number of aliphatic carboxylic acids is 1. The Bertz CT molecular complexity index is 339. The fourth-order valence-corrected chi connectivity index (χ4v) is 1.98. The maximum atomic E-state index is 13.4. The number of amides is 1. The lowest BCUT2D eigenvalue weighted by Crippen LogP contribution is -2.44. The molecule has 104 valence electrons. The summed E-state index contributed by atoms with van der Waals surface area (Å²) in [6.45, 7) is 6.51. The predicted molar refractivity (Wildman–Crippen MR) is 63.0 cm³/mol. The molecular formula is C12H20FNO4. The van der Waals surface area contributed by atoms with Gasteiger partial charge in [0.1, 0.15) is 11.8 Å². The largest absolute Gasteiger partial charge is 0.481 e. The lowest BCUT2D eigenvalue weighted by Gasteiger charge is -2.29. The minimum Gasteiger partial charge on any atom is -0.481 e. The maximum Gasteiger partial charge on any atom is 0.410 e. The molecule has 0 radical (unpaired) electrons. The van der Waals surface area contributed by atoms with E-state index in [0.717, 1.165) is 0 Å². The minimum atomic E-state index is -1.19. The van der Waals surface area contributed by atoms with Crippen LogP contribution in [0.5, 0.6) is 0 Å². The van der Waals surface area contributed by atoms with Crippen LogP contribution < -0.4 is 0 Å². The second-order valence-corrected chi connectivity index (χ2v) is 5.66. The van der Waals surface area contributed by atoms with Gasteiger partial charge < -0.3 is 14.7 Å². The summed E-state index contributed by atoms with van der Waals surface area (Å²) < 4.78 is 18.6. The molecule has 0 aromatic heterocycles. The van der Waals surface area contributed by atoms with E-state index >= 15 is 0 Å². The monoisotopic (exact) mass is 261 g/mol. The number of halogens is 1. The van der Waals surface area contributed by atoms with Crippen LogP contribution in [0.25, 0.3) is 0 Å². The number of alkyl halides is 1. The van der Waals surface area contributed by atoms with Gasteiger partial charge in [-0.2, -0.15) is 0 Å². The quantitative estimate of drug-likeness (QED) is 0.826. The van der Waals surface area contributed by atoms with Crippen LogP contribution in [0.3, 0.4) is 0 Å². The number of rotatable bonds is 2. The zero-order valence-electron chi connectivity index (χ0n) is 11.1. The van der Waals surface area contributed by atoms with Crippen molar-refractivity contribution >= 4 is 12.1 Å². The van der Waals surface area contributed by atoms with Gasteiger partial charge in [0.25, 0.3) is 0 Å². The molecule has 1 aliphatic rings. The molecular weight excluding hydrogens is 241 g/mol. The first-order valence-corrected chi connectivity index (χ1v) is 5.98. The summed E-state index contributed by atoms with van der Waals surface area (Å²) >= 11 is 0. The second kappa shape index (κ2) is 5.12. The maximum absolute atomic E-state index is 13.4. The van der Waals surface area contributed by atoms with Gasteiger partial charge in [0, 0.05) is 6.42 Å². The van der Waals surface area contributed by atoms with E-state index in [1.165, 1.54) is 11.8 Å². The van der Waals surface area contributed by atoms with Gasteiger partial charge in [0.15, 0.2) is 0 Å². The molecule has 0 spiro atoms. The van der Waals surface area contributed by atoms with Crippen molar-refractivity contribution in [3.05, 3.63) is 0 Å². The Hall–Kier alpha value is -1.33. The van der Waals surface area contributed by atoms with Crippen molar-refractivity contribution in [1.29, 1.82) is 0 Å². The Morgan fingerprint density at radius 2 is 2.00 bits per heavy atom. The lowest BCUT2D eigenvalue weighted by atomic mass is 10.00. The first-order valence-electron chi connectivity index (χ1n) is 5.98. The number of hydrogen-bond donors (Lipinski definition) is 1. The molecule has 3 atom stereocenters. The summed E-state index contributed by atoms with van der Waals surface area (Å²) in [5, 5.41) is 8.96. The van der Waals surface area contributed by atoms with Gasteiger partial charge >= 0.3 is 12.1 Å². The van der Waals surface area contributed by atoms with E-state index in [1.54, 1.807) is 20.8 Å². The number of carbonyl (C=O) groups excluding carboxylic acids is 1. The molecule has 0 aliphatic carbocycles. The van der Waals surface area contributed by atoms with Crippen LogP contribution in [-0.4, -0.2) is 46.4 Å². The van der Waals surface area contributed by atoms with Crippen LogP contribution in [0.4, 0.5) is 9.18 Å². The molecule has 0 aromatic carbocycles. The zero-order valence-corrected chi connectivity index (χ0v) is 11.1. The molecule has 18 heavy (non-hydrogen) atoms. The van der Waals surface area contributed by atoms with Crippen molar-refractivity contribution in [3.8, 4) is 0 Å². The van der Waals surface area contributed by atoms with Gasteiger partial charge in [0.05, 0.1) is 18.5 Å². The molecule has 1 saturated heterocycles. The molecule has 1 amide bonds. The first-order chi connectivity index (χ1) is 8.11. The van der Waals surface area contributed by atoms with Gasteiger partial charge in [-0.15, -0.1) is 0 Å². The van der Waals surface area contributed by atoms with Crippen molar-refractivity contribution in [2.24, 2.45) is 5.92 Å². The molecule has 1 unspecified atom stereocenters. The van der Waals surface area contributed by atoms with E-state index in [-0.39, 0.29) is 13.0 Å². The van der Waals surface area contributed by atoms with Crippen molar-refractivity contribution in [1.82, 2.24) is 4.90 Å². The fraction of sp³-hybridized carbons (Fsp3) is 0.833. The van der Waals surface area contributed by atoms with Crippen molar-refractivity contribution < 1.29 is 23.8 Å². The second-order valence-electron chi connectivity index (χ2n) is 5.66. The van der Waals surface area contributed by atoms with Crippen LogP contribution in [0.1, 0.15) is 34.1 Å². The van der Waals surface area contributed by atoms with Crippen LogP contribution in [0, 0.1) is 5.92 Å². The van der Waals surface area contributed by atoms with Crippen molar-refractivity contribution in [3.63, 3.8) is 0 Å². The average Bonchev–Trinajstić information content (AvgIpc) is 2.56. The van der Waals surface area contributed by atoms with Crippen molar-refractivity contribution in [2.75, 3.05) is 6.54 Å². The number of nitrogens with zero attached hydrogens (tertiary/aromatic N) is 1. The normalized spacial score (nSPS) is 25.9.